The van der Waals surface area contributed by atoms with Crippen molar-refractivity contribution < 1.29 is 9.59 Å². The Morgan fingerprint density at radius 3 is 2.70 bits per heavy atom. The molecule has 0 aliphatic carbocycles. The molecule has 2 aliphatic heterocycles. The van der Waals surface area contributed by atoms with E-state index in [0.29, 0.717) is 18.9 Å². The number of carbonyl (C=O) groups is 2. The number of amides is 2. The van der Waals surface area contributed by atoms with E-state index >= 15 is 0 Å². The van der Waals surface area contributed by atoms with Crippen LogP contribution in [0.3, 0.4) is 0 Å². The summed E-state index contributed by atoms with van der Waals surface area (Å²) in [4.78, 5) is 30.6. The molecule has 0 N–H and O–H groups in total. The van der Waals surface area contributed by atoms with Gasteiger partial charge in [-0.2, -0.15) is 0 Å². The fraction of sp³-hybridized carbons (Fsp3) is 0.636. The number of hydrogen-bond donors (Lipinski definition) is 0. The predicted octanol–water partition coefficient (Wildman–Crippen LogP) is 2.55. The summed E-state index contributed by atoms with van der Waals surface area (Å²) < 4.78 is 0. The number of nitrogens with zero attached hydrogens (tertiary/aromatic N) is 3. The van der Waals surface area contributed by atoms with Crippen molar-refractivity contribution in [1.82, 2.24) is 14.7 Å². The molecule has 0 radical (unpaired) electrons. The van der Waals surface area contributed by atoms with Crippen molar-refractivity contribution in [2.75, 3.05) is 39.8 Å². The molecule has 1 atom stereocenters. The number of benzene rings is 1. The van der Waals surface area contributed by atoms with Gasteiger partial charge in [0.1, 0.15) is 0 Å². The summed E-state index contributed by atoms with van der Waals surface area (Å²) in [5, 5.41) is 0. The van der Waals surface area contributed by atoms with Gasteiger partial charge in [0, 0.05) is 52.1 Å². The molecule has 1 unspecified atom stereocenters. The number of likely N-dealkylation sites (N-methyl/N-ethyl adjacent to an activating group) is 1. The average Bonchev–Trinajstić information content (AvgIpc) is 3.11. The maximum atomic E-state index is 12.6. The van der Waals surface area contributed by atoms with Crippen LogP contribution in [0.2, 0.25) is 0 Å². The molecule has 1 aromatic carbocycles. The molecule has 5 nitrogen and oxygen atoms in total. The van der Waals surface area contributed by atoms with Crippen molar-refractivity contribution in [3.63, 3.8) is 0 Å². The van der Waals surface area contributed by atoms with Crippen LogP contribution >= 0.6 is 0 Å². The van der Waals surface area contributed by atoms with Gasteiger partial charge in [0.15, 0.2) is 0 Å². The lowest BCUT2D eigenvalue weighted by molar-refractivity contribution is -0.134. The van der Waals surface area contributed by atoms with Crippen molar-refractivity contribution in [3.05, 3.63) is 35.9 Å². The second-order valence-electron chi connectivity index (χ2n) is 7.92. The Hall–Kier alpha value is -1.88. The zero-order valence-corrected chi connectivity index (χ0v) is 16.6. The molecular formula is C22H33N3O2. The molecule has 2 heterocycles. The fourth-order valence-corrected chi connectivity index (χ4v) is 4.22. The highest BCUT2D eigenvalue weighted by molar-refractivity contribution is 5.78. The smallest absolute Gasteiger partial charge is 0.222 e. The number of likely N-dealkylation sites (tertiary alicyclic amines) is 2. The van der Waals surface area contributed by atoms with Gasteiger partial charge in [-0.25, -0.2) is 0 Å². The Kier molecular flexibility index (Phi) is 7.27. The van der Waals surface area contributed by atoms with Crippen molar-refractivity contribution >= 4 is 11.8 Å². The third-order valence-electron chi connectivity index (χ3n) is 5.97. The van der Waals surface area contributed by atoms with Crippen LogP contribution in [0.25, 0.3) is 0 Å². The van der Waals surface area contributed by atoms with Crippen LogP contribution in [0.15, 0.2) is 30.3 Å². The summed E-state index contributed by atoms with van der Waals surface area (Å²) in [5.41, 5.74) is 1.38. The minimum Gasteiger partial charge on any atom is -0.343 e. The van der Waals surface area contributed by atoms with Crippen LogP contribution in [0.5, 0.6) is 0 Å². The van der Waals surface area contributed by atoms with Gasteiger partial charge in [-0.05, 0) is 44.2 Å². The SMILES string of the molecule is CN(C(=O)CCCN1CCCC1=O)C1CCCN(CCc2ccccc2)C1. The second kappa shape index (κ2) is 9.88. The summed E-state index contributed by atoms with van der Waals surface area (Å²) in [6.07, 6.45) is 6.27. The topological polar surface area (TPSA) is 43.9 Å². The Labute approximate surface area is 163 Å². The minimum absolute atomic E-state index is 0.219. The quantitative estimate of drug-likeness (QED) is 0.705. The van der Waals surface area contributed by atoms with E-state index in [-0.39, 0.29) is 11.8 Å². The molecule has 2 saturated heterocycles. The van der Waals surface area contributed by atoms with Crippen LogP contribution < -0.4 is 0 Å². The zero-order chi connectivity index (χ0) is 19.1. The second-order valence-corrected chi connectivity index (χ2v) is 7.92. The molecule has 3 rings (SSSR count). The van der Waals surface area contributed by atoms with E-state index in [1.807, 2.05) is 16.8 Å². The highest BCUT2D eigenvalue weighted by atomic mass is 16.2. The number of piperidine rings is 1. The van der Waals surface area contributed by atoms with Crippen LogP contribution in [0.1, 0.15) is 44.1 Å². The third-order valence-corrected chi connectivity index (χ3v) is 5.97. The molecular weight excluding hydrogens is 338 g/mol. The molecule has 27 heavy (non-hydrogen) atoms. The summed E-state index contributed by atoms with van der Waals surface area (Å²) in [5.74, 6) is 0.466. The van der Waals surface area contributed by atoms with Crippen LogP contribution in [-0.4, -0.2) is 72.3 Å². The first-order valence-corrected chi connectivity index (χ1v) is 10.4. The zero-order valence-electron chi connectivity index (χ0n) is 16.6. The van der Waals surface area contributed by atoms with Crippen LogP contribution in [-0.2, 0) is 16.0 Å². The third kappa shape index (κ3) is 5.80. The van der Waals surface area contributed by atoms with Gasteiger partial charge in [-0.1, -0.05) is 30.3 Å². The largest absolute Gasteiger partial charge is 0.343 e. The lowest BCUT2D eigenvalue weighted by Gasteiger charge is -2.37. The summed E-state index contributed by atoms with van der Waals surface area (Å²) in [6.45, 7) is 4.75. The first kappa shape index (κ1) is 19.9. The van der Waals surface area contributed by atoms with E-state index in [1.54, 1.807) is 0 Å². The molecule has 2 aliphatic rings. The first-order chi connectivity index (χ1) is 13.1. The highest BCUT2D eigenvalue weighted by Crippen LogP contribution is 2.17. The maximum Gasteiger partial charge on any atom is 0.222 e. The lowest BCUT2D eigenvalue weighted by Crippen LogP contribution is -2.49. The van der Waals surface area contributed by atoms with E-state index in [0.717, 1.165) is 64.8 Å². The van der Waals surface area contributed by atoms with E-state index in [2.05, 4.69) is 35.2 Å². The Morgan fingerprint density at radius 2 is 1.96 bits per heavy atom. The van der Waals surface area contributed by atoms with Crippen molar-refractivity contribution in [2.45, 2.75) is 51.0 Å². The Morgan fingerprint density at radius 1 is 1.15 bits per heavy atom. The van der Waals surface area contributed by atoms with E-state index in [1.165, 1.54) is 5.56 Å². The van der Waals surface area contributed by atoms with Crippen molar-refractivity contribution in [2.24, 2.45) is 0 Å². The molecule has 0 saturated carbocycles. The van der Waals surface area contributed by atoms with Gasteiger partial charge in [0.05, 0.1) is 0 Å². The average molecular weight is 372 g/mol. The Bertz CT molecular complexity index is 619. The predicted molar refractivity (Wildman–Crippen MR) is 107 cm³/mol. The van der Waals surface area contributed by atoms with Crippen LogP contribution in [0, 0.1) is 0 Å². The van der Waals surface area contributed by atoms with Crippen molar-refractivity contribution in [1.29, 1.82) is 0 Å². The monoisotopic (exact) mass is 371 g/mol. The van der Waals surface area contributed by atoms with Gasteiger partial charge in [-0.15, -0.1) is 0 Å². The molecule has 0 spiro atoms. The van der Waals surface area contributed by atoms with Crippen molar-refractivity contribution in [3.8, 4) is 0 Å². The first-order valence-electron chi connectivity index (χ1n) is 10.4. The molecule has 2 fully saturated rings. The summed E-state index contributed by atoms with van der Waals surface area (Å²) >= 11 is 0. The molecule has 0 bridgehead atoms. The van der Waals surface area contributed by atoms with Gasteiger partial charge in [0.2, 0.25) is 11.8 Å². The van der Waals surface area contributed by atoms with E-state index in [4.69, 9.17) is 0 Å². The standard InChI is InChI=1S/C22H33N3O2/c1-23(21(26)11-6-15-25-16-7-12-22(25)27)20-10-5-14-24(18-20)17-13-19-8-3-2-4-9-19/h2-4,8-9,20H,5-7,10-18H2,1H3. The maximum absolute atomic E-state index is 12.6. The summed E-state index contributed by atoms with van der Waals surface area (Å²) in [6, 6.07) is 10.9. The summed E-state index contributed by atoms with van der Waals surface area (Å²) in [7, 11) is 1.95. The number of carbonyl (C=O) groups excluding carboxylic acids is 2. The highest BCUT2D eigenvalue weighted by Gasteiger charge is 2.26. The number of hydrogen-bond acceptors (Lipinski definition) is 3. The molecule has 2 amide bonds. The molecule has 1 aromatic rings. The van der Waals surface area contributed by atoms with E-state index < -0.39 is 0 Å². The minimum atomic E-state index is 0.219. The normalized spacial score (nSPS) is 20.9. The molecule has 0 aromatic heterocycles. The van der Waals surface area contributed by atoms with Gasteiger partial charge in [-0.3, -0.25) is 9.59 Å². The van der Waals surface area contributed by atoms with Gasteiger partial charge >= 0.3 is 0 Å². The number of rotatable bonds is 8. The molecule has 148 valence electrons. The van der Waals surface area contributed by atoms with Crippen LogP contribution in [0.4, 0.5) is 0 Å². The van der Waals surface area contributed by atoms with E-state index in [9.17, 15) is 9.59 Å². The Balaban J connectivity index is 1.39. The van der Waals surface area contributed by atoms with Gasteiger partial charge in [0.25, 0.3) is 0 Å². The lowest BCUT2D eigenvalue weighted by atomic mass is 10.0. The fourth-order valence-electron chi connectivity index (χ4n) is 4.22. The molecule has 5 heteroatoms. The van der Waals surface area contributed by atoms with Gasteiger partial charge < -0.3 is 14.7 Å².